The summed E-state index contributed by atoms with van der Waals surface area (Å²) in [4.78, 5) is 12.5. The van der Waals surface area contributed by atoms with Crippen molar-refractivity contribution in [3.63, 3.8) is 0 Å². The van der Waals surface area contributed by atoms with Crippen molar-refractivity contribution in [1.82, 2.24) is 4.57 Å². The largest absolute Gasteiger partial charge is 0.505 e. The average molecular weight is 309 g/mol. The molecule has 0 saturated heterocycles. The van der Waals surface area contributed by atoms with Gasteiger partial charge in [0.25, 0.3) is 0 Å². The van der Waals surface area contributed by atoms with Gasteiger partial charge in [0.05, 0.1) is 23.4 Å². The summed E-state index contributed by atoms with van der Waals surface area (Å²) < 4.78 is 7.11. The number of ether oxygens (including phenoxy) is 1. The van der Waals surface area contributed by atoms with Gasteiger partial charge >= 0.3 is 5.97 Å². The molecule has 3 rings (SSSR count). The third-order valence-corrected chi connectivity index (χ3v) is 4.06. The van der Waals surface area contributed by atoms with E-state index >= 15 is 0 Å². The van der Waals surface area contributed by atoms with Crippen molar-refractivity contribution in [3.8, 4) is 17.0 Å². The lowest BCUT2D eigenvalue weighted by molar-refractivity contribution is 0.0529. The van der Waals surface area contributed by atoms with Gasteiger partial charge in [0.1, 0.15) is 5.75 Å². The molecule has 0 unspecified atom stereocenters. The number of aryl methyl sites for hydroxylation is 2. The molecule has 0 amide bonds. The molecule has 0 aliphatic rings. The SMILES string of the molecule is CCOC(=O)c1c(-c2ccccc2)n(C)c2c(O)c(C)ccc12. The van der Waals surface area contributed by atoms with Crippen molar-refractivity contribution in [2.45, 2.75) is 13.8 Å². The Morgan fingerprint density at radius 2 is 1.87 bits per heavy atom. The number of carbonyl (C=O) groups excluding carboxylic acids is 1. The Labute approximate surface area is 134 Å². The van der Waals surface area contributed by atoms with E-state index in [1.807, 2.05) is 61.0 Å². The van der Waals surface area contributed by atoms with Crippen LogP contribution < -0.4 is 0 Å². The summed E-state index contributed by atoms with van der Waals surface area (Å²) in [6.45, 7) is 3.93. The number of phenolic OH excluding ortho intramolecular Hbond substituents is 1. The van der Waals surface area contributed by atoms with E-state index in [2.05, 4.69) is 0 Å². The quantitative estimate of drug-likeness (QED) is 0.743. The van der Waals surface area contributed by atoms with Crippen LogP contribution in [-0.2, 0) is 11.8 Å². The Morgan fingerprint density at radius 3 is 2.52 bits per heavy atom. The maximum absolute atomic E-state index is 12.5. The molecule has 0 saturated carbocycles. The summed E-state index contributed by atoms with van der Waals surface area (Å²) in [6, 6.07) is 13.3. The molecule has 0 aliphatic carbocycles. The fraction of sp³-hybridized carbons (Fsp3) is 0.211. The van der Waals surface area contributed by atoms with Crippen molar-refractivity contribution in [3.05, 3.63) is 53.6 Å². The smallest absolute Gasteiger partial charge is 0.340 e. The second kappa shape index (κ2) is 5.80. The zero-order valence-electron chi connectivity index (χ0n) is 13.5. The van der Waals surface area contributed by atoms with Crippen LogP contribution in [-0.4, -0.2) is 22.2 Å². The Kier molecular flexibility index (Phi) is 3.82. The highest BCUT2D eigenvalue weighted by Crippen LogP contribution is 2.38. The van der Waals surface area contributed by atoms with Crippen molar-refractivity contribution in [1.29, 1.82) is 0 Å². The van der Waals surface area contributed by atoms with Gasteiger partial charge in [-0.3, -0.25) is 0 Å². The van der Waals surface area contributed by atoms with E-state index in [0.717, 1.165) is 16.8 Å². The van der Waals surface area contributed by atoms with Crippen molar-refractivity contribution in [2.24, 2.45) is 7.05 Å². The van der Waals surface area contributed by atoms with Gasteiger partial charge in [0.15, 0.2) is 0 Å². The summed E-state index contributed by atoms with van der Waals surface area (Å²) in [5, 5.41) is 11.2. The minimum atomic E-state index is -0.375. The summed E-state index contributed by atoms with van der Waals surface area (Å²) in [6.07, 6.45) is 0. The first-order chi connectivity index (χ1) is 11.1. The molecule has 4 heteroatoms. The molecule has 1 aromatic heterocycles. The van der Waals surface area contributed by atoms with Gasteiger partial charge in [0.2, 0.25) is 0 Å². The fourth-order valence-corrected chi connectivity index (χ4v) is 2.97. The zero-order chi connectivity index (χ0) is 16.6. The molecule has 0 fully saturated rings. The van der Waals surface area contributed by atoms with Crippen LogP contribution in [0, 0.1) is 6.92 Å². The number of aromatic nitrogens is 1. The first-order valence-electron chi connectivity index (χ1n) is 7.59. The number of carbonyl (C=O) groups is 1. The van der Waals surface area contributed by atoms with E-state index in [0.29, 0.717) is 23.1 Å². The molecule has 2 aromatic carbocycles. The maximum atomic E-state index is 12.5. The van der Waals surface area contributed by atoms with Crippen LogP contribution >= 0.6 is 0 Å². The molecule has 3 aromatic rings. The molecular formula is C19H19NO3. The normalized spacial score (nSPS) is 10.9. The Bertz CT molecular complexity index is 879. The van der Waals surface area contributed by atoms with Gasteiger partial charge in [-0.1, -0.05) is 42.5 Å². The highest BCUT2D eigenvalue weighted by molar-refractivity contribution is 6.12. The van der Waals surface area contributed by atoms with Crippen LogP contribution in [0.3, 0.4) is 0 Å². The summed E-state index contributed by atoms with van der Waals surface area (Å²) in [5.74, 6) is -0.182. The minimum absolute atomic E-state index is 0.192. The number of fused-ring (bicyclic) bond motifs is 1. The lowest BCUT2D eigenvalue weighted by Gasteiger charge is -2.08. The van der Waals surface area contributed by atoms with Crippen LogP contribution in [0.15, 0.2) is 42.5 Å². The molecule has 0 atom stereocenters. The number of aromatic hydroxyl groups is 1. The molecule has 1 N–H and O–H groups in total. The van der Waals surface area contributed by atoms with E-state index in [9.17, 15) is 9.90 Å². The molecule has 0 spiro atoms. The molecule has 1 heterocycles. The number of hydrogen-bond donors (Lipinski definition) is 1. The first kappa shape index (κ1) is 15.2. The Balaban J connectivity index is 2.42. The summed E-state index contributed by atoms with van der Waals surface area (Å²) in [5.41, 5.74) is 3.57. The number of esters is 1. The average Bonchev–Trinajstić information content (AvgIpc) is 2.85. The lowest BCUT2D eigenvalue weighted by Crippen LogP contribution is -2.06. The van der Waals surface area contributed by atoms with Gasteiger partial charge in [-0.25, -0.2) is 4.79 Å². The van der Waals surface area contributed by atoms with E-state index in [4.69, 9.17) is 4.74 Å². The van der Waals surface area contributed by atoms with E-state index in [1.165, 1.54) is 0 Å². The second-order valence-corrected chi connectivity index (χ2v) is 5.50. The van der Waals surface area contributed by atoms with Crippen LogP contribution in [0.1, 0.15) is 22.8 Å². The number of hydrogen-bond acceptors (Lipinski definition) is 3. The first-order valence-corrected chi connectivity index (χ1v) is 7.59. The molecule has 118 valence electrons. The summed E-state index contributed by atoms with van der Waals surface area (Å²) >= 11 is 0. The number of rotatable bonds is 3. The third-order valence-electron chi connectivity index (χ3n) is 4.06. The number of benzene rings is 2. The van der Waals surface area contributed by atoms with Gasteiger partial charge < -0.3 is 14.4 Å². The highest BCUT2D eigenvalue weighted by Gasteiger charge is 2.25. The van der Waals surface area contributed by atoms with Crippen molar-refractivity contribution < 1.29 is 14.6 Å². The maximum Gasteiger partial charge on any atom is 0.340 e. The predicted molar refractivity (Wildman–Crippen MR) is 90.7 cm³/mol. The molecule has 0 aliphatic heterocycles. The topological polar surface area (TPSA) is 51.5 Å². The number of phenols is 1. The van der Waals surface area contributed by atoms with E-state index < -0.39 is 0 Å². The molecule has 0 radical (unpaired) electrons. The van der Waals surface area contributed by atoms with Crippen LogP contribution in [0.5, 0.6) is 5.75 Å². The molecule has 4 nitrogen and oxygen atoms in total. The van der Waals surface area contributed by atoms with E-state index in [1.54, 1.807) is 6.92 Å². The number of nitrogens with zero attached hydrogens (tertiary/aromatic N) is 1. The van der Waals surface area contributed by atoms with Crippen LogP contribution in [0.2, 0.25) is 0 Å². The zero-order valence-corrected chi connectivity index (χ0v) is 13.5. The molecular weight excluding hydrogens is 290 g/mol. The van der Waals surface area contributed by atoms with Crippen LogP contribution in [0.4, 0.5) is 0 Å². The third kappa shape index (κ3) is 2.36. The van der Waals surface area contributed by atoms with Gasteiger partial charge in [-0.2, -0.15) is 0 Å². The molecule has 23 heavy (non-hydrogen) atoms. The molecule has 0 bridgehead atoms. The predicted octanol–water partition coefficient (Wildman–Crippen LogP) is 4.04. The minimum Gasteiger partial charge on any atom is -0.505 e. The lowest BCUT2D eigenvalue weighted by atomic mass is 10.0. The van der Waals surface area contributed by atoms with Gasteiger partial charge in [-0.05, 0) is 25.0 Å². The summed E-state index contributed by atoms with van der Waals surface area (Å²) in [7, 11) is 1.85. The second-order valence-electron chi connectivity index (χ2n) is 5.50. The van der Waals surface area contributed by atoms with Crippen molar-refractivity contribution in [2.75, 3.05) is 6.61 Å². The Morgan fingerprint density at radius 1 is 1.17 bits per heavy atom. The van der Waals surface area contributed by atoms with Crippen LogP contribution in [0.25, 0.3) is 22.2 Å². The highest BCUT2D eigenvalue weighted by atomic mass is 16.5. The van der Waals surface area contributed by atoms with Gasteiger partial charge in [-0.15, -0.1) is 0 Å². The van der Waals surface area contributed by atoms with E-state index in [-0.39, 0.29) is 11.7 Å². The standard InChI is InChI=1S/C19H19NO3/c1-4-23-19(22)15-14-11-10-12(2)18(21)17(14)20(3)16(15)13-8-6-5-7-9-13/h5-11,21H,4H2,1-3H3. The Hall–Kier alpha value is -2.75. The monoisotopic (exact) mass is 309 g/mol. The fourth-order valence-electron chi connectivity index (χ4n) is 2.97. The van der Waals surface area contributed by atoms with Crippen molar-refractivity contribution >= 4 is 16.9 Å². The van der Waals surface area contributed by atoms with Gasteiger partial charge in [0, 0.05) is 12.4 Å².